The quantitative estimate of drug-likeness (QED) is 0.843. The Morgan fingerprint density at radius 2 is 2.11 bits per heavy atom. The first-order valence-electron chi connectivity index (χ1n) is 7.18. The number of ether oxygens (including phenoxy) is 1. The molecule has 2 bridgehead atoms. The second kappa shape index (κ2) is 5.67. The van der Waals surface area contributed by atoms with E-state index in [1.807, 2.05) is 24.3 Å². The van der Waals surface area contributed by atoms with Crippen LogP contribution in [0.4, 0.5) is 0 Å². The van der Waals surface area contributed by atoms with Gasteiger partial charge in [-0.3, -0.25) is 0 Å². The fourth-order valence-electron chi connectivity index (χ4n) is 3.61. The number of aliphatic hydroxyl groups excluding tert-OH is 1. The van der Waals surface area contributed by atoms with Gasteiger partial charge in [0.25, 0.3) is 0 Å². The fraction of sp³-hybridized carbons (Fsp3) is 0.529. The summed E-state index contributed by atoms with van der Waals surface area (Å²) in [7, 11) is 0. The number of hydrogen-bond donors (Lipinski definition) is 1. The molecule has 3 rings (SSSR count). The SMILES string of the molecule is OCC#Cc1ccccc1OCC1CC2CCC1C2. The van der Waals surface area contributed by atoms with Crippen molar-refractivity contribution in [3.05, 3.63) is 29.8 Å². The lowest BCUT2D eigenvalue weighted by Crippen LogP contribution is -2.18. The molecule has 0 aliphatic heterocycles. The van der Waals surface area contributed by atoms with Crippen LogP contribution in [0.15, 0.2) is 24.3 Å². The van der Waals surface area contributed by atoms with Gasteiger partial charge in [-0.1, -0.05) is 30.4 Å². The summed E-state index contributed by atoms with van der Waals surface area (Å²) in [5.41, 5.74) is 0.875. The normalized spacial score (nSPS) is 27.9. The Balaban J connectivity index is 1.63. The van der Waals surface area contributed by atoms with E-state index in [2.05, 4.69) is 11.8 Å². The van der Waals surface area contributed by atoms with Gasteiger partial charge in [0.1, 0.15) is 12.4 Å². The zero-order valence-electron chi connectivity index (χ0n) is 11.1. The van der Waals surface area contributed by atoms with Crippen molar-refractivity contribution in [2.75, 3.05) is 13.2 Å². The molecule has 3 atom stereocenters. The Morgan fingerprint density at radius 1 is 1.21 bits per heavy atom. The highest BCUT2D eigenvalue weighted by atomic mass is 16.5. The lowest BCUT2D eigenvalue weighted by Gasteiger charge is -2.22. The van der Waals surface area contributed by atoms with E-state index >= 15 is 0 Å². The summed E-state index contributed by atoms with van der Waals surface area (Å²) in [6.45, 7) is 0.708. The topological polar surface area (TPSA) is 29.5 Å². The number of aliphatic hydroxyl groups is 1. The monoisotopic (exact) mass is 256 g/mol. The maximum atomic E-state index is 8.78. The molecule has 100 valence electrons. The minimum Gasteiger partial charge on any atom is -0.492 e. The second-order valence-corrected chi connectivity index (χ2v) is 5.70. The molecular formula is C17H20O2. The lowest BCUT2D eigenvalue weighted by molar-refractivity contribution is 0.195. The largest absolute Gasteiger partial charge is 0.492 e. The fourth-order valence-corrected chi connectivity index (χ4v) is 3.61. The van der Waals surface area contributed by atoms with Crippen molar-refractivity contribution in [1.29, 1.82) is 0 Å². The molecule has 2 aliphatic carbocycles. The number of benzene rings is 1. The van der Waals surface area contributed by atoms with Gasteiger partial charge >= 0.3 is 0 Å². The highest BCUT2D eigenvalue weighted by Gasteiger charge is 2.39. The van der Waals surface area contributed by atoms with E-state index in [1.54, 1.807) is 0 Å². The average molecular weight is 256 g/mol. The van der Waals surface area contributed by atoms with Crippen LogP contribution in [0, 0.1) is 29.6 Å². The van der Waals surface area contributed by atoms with Crippen molar-refractivity contribution < 1.29 is 9.84 Å². The smallest absolute Gasteiger partial charge is 0.134 e. The molecule has 3 unspecified atom stereocenters. The van der Waals surface area contributed by atoms with Gasteiger partial charge in [-0.25, -0.2) is 0 Å². The van der Waals surface area contributed by atoms with E-state index in [0.29, 0.717) is 0 Å². The van der Waals surface area contributed by atoms with Crippen molar-refractivity contribution in [1.82, 2.24) is 0 Å². The van der Waals surface area contributed by atoms with E-state index in [1.165, 1.54) is 25.7 Å². The van der Waals surface area contributed by atoms with Crippen molar-refractivity contribution in [3.63, 3.8) is 0 Å². The van der Waals surface area contributed by atoms with Crippen LogP contribution in [0.1, 0.15) is 31.2 Å². The molecule has 0 radical (unpaired) electrons. The van der Waals surface area contributed by atoms with Gasteiger partial charge in [0.2, 0.25) is 0 Å². The van der Waals surface area contributed by atoms with Crippen LogP contribution in [-0.2, 0) is 0 Å². The molecule has 2 nitrogen and oxygen atoms in total. The van der Waals surface area contributed by atoms with Crippen molar-refractivity contribution in [2.24, 2.45) is 17.8 Å². The van der Waals surface area contributed by atoms with Gasteiger partial charge < -0.3 is 9.84 Å². The average Bonchev–Trinajstić information content (AvgIpc) is 3.06. The van der Waals surface area contributed by atoms with Gasteiger partial charge in [0.15, 0.2) is 0 Å². The highest BCUT2D eigenvalue weighted by Crippen LogP contribution is 2.48. The molecule has 0 aromatic heterocycles. The molecule has 2 heteroatoms. The Labute approximate surface area is 114 Å². The summed E-state index contributed by atoms with van der Waals surface area (Å²) in [6, 6.07) is 7.83. The van der Waals surface area contributed by atoms with Gasteiger partial charge in [-0.05, 0) is 49.1 Å². The zero-order chi connectivity index (χ0) is 13.1. The first-order valence-corrected chi connectivity index (χ1v) is 7.18. The summed E-state index contributed by atoms with van der Waals surface area (Å²) in [4.78, 5) is 0. The lowest BCUT2D eigenvalue weighted by atomic mass is 9.89. The molecule has 0 amide bonds. The number of para-hydroxylation sites is 1. The number of hydrogen-bond acceptors (Lipinski definition) is 2. The van der Waals surface area contributed by atoms with Gasteiger partial charge in [0, 0.05) is 0 Å². The van der Waals surface area contributed by atoms with Crippen LogP contribution in [0.25, 0.3) is 0 Å². The summed E-state index contributed by atoms with van der Waals surface area (Å²) >= 11 is 0. The zero-order valence-corrected chi connectivity index (χ0v) is 11.1. The molecule has 2 fully saturated rings. The van der Waals surface area contributed by atoms with E-state index in [-0.39, 0.29) is 6.61 Å². The van der Waals surface area contributed by atoms with Gasteiger partial charge in [0.05, 0.1) is 12.2 Å². The van der Waals surface area contributed by atoms with Crippen molar-refractivity contribution >= 4 is 0 Å². The molecule has 1 N–H and O–H groups in total. The predicted octanol–water partition coefficient (Wildman–Crippen LogP) is 2.85. The summed E-state index contributed by atoms with van der Waals surface area (Å²) in [5, 5.41) is 8.78. The van der Waals surface area contributed by atoms with E-state index in [0.717, 1.165) is 35.7 Å². The minimum absolute atomic E-state index is 0.110. The minimum atomic E-state index is -0.110. The molecule has 2 aliphatic rings. The standard InChI is InChI=1S/C17H20O2/c18-9-3-5-14-4-1-2-6-17(14)19-12-16-11-13-7-8-15(16)10-13/h1-2,4,6,13,15-16,18H,7-12H2. The molecule has 0 saturated heterocycles. The molecule has 0 heterocycles. The third-order valence-corrected chi connectivity index (χ3v) is 4.53. The second-order valence-electron chi connectivity index (χ2n) is 5.70. The van der Waals surface area contributed by atoms with E-state index in [9.17, 15) is 0 Å². The summed E-state index contributed by atoms with van der Waals surface area (Å²) < 4.78 is 5.99. The summed E-state index contributed by atoms with van der Waals surface area (Å²) in [6.07, 6.45) is 5.58. The third-order valence-electron chi connectivity index (χ3n) is 4.53. The van der Waals surface area contributed by atoms with Crippen LogP contribution in [-0.4, -0.2) is 18.3 Å². The first-order chi connectivity index (χ1) is 9.36. The molecule has 1 aromatic carbocycles. The van der Waals surface area contributed by atoms with Crippen molar-refractivity contribution in [2.45, 2.75) is 25.7 Å². The Kier molecular flexibility index (Phi) is 3.75. The van der Waals surface area contributed by atoms with Crippen LogP contribution in [0.5, 0.6) is 5.75 Å². The van der Waals surface area contributed by atoms with Crippen LogP contribution >= 0.6 is 0 Å². The molecule has 0 spiro atoms. The summed E-state index contributed by atoms with van der Waals surface area (Å²) in [5.74, 6) is 9.07. The van der Waals surface area contributed by atoms with Crippen LogP contribution in [0.3, 0.4) is 0 Å². The highest BCUT2D eigenvalue weighted by molar-refractivity contribution is 5.45. The maximum absolute atomic E-state index is 8.78. The van der Waals surface area contributed by atoms with Crippen molar-refractivity contribution in [3.8, 4) is 17.6 Å². The first kappa shape index (κ1) is 12.6. The number of fused-ring (bicyclic) bond motifs is 2. The molecular weight excluding hydrogens is 236 g/mol. The Bertz CT molecular complexity index is 497. The van der Waals surface area contributed by atoms with Crippen LogP contribution < -0.4 is 4.74 Å². The predicted molar refractivity (Wildman–Crippen MR) is 74.8 cm³/mol. The molecule has 19 heavy (non-hydrogen) atoms. The number of rotatable bonds is 3. The van der Waals surface area contributed by atoms with E-state index in [4.69, 9.17) is 9.84 Å². The third kappa shape index (κ3) is 2.77. The molecule has 2 saturated carbocycles. The Morgan fingerprint density at radius 3 is 2.84 bits per heavy atom. The van der Waals surface area contributed by atoms with Gasteiger partial charge in [-0.2, -0.15) is 0 Å². The maximum Gasteiger partial charge on any atom is 0.134 e. The Hall–Kier alpha value is -1.46. The van der Waals surface area contributed by atoms with Gasteiger partial charge in [-0.15, -0.1) is 0 Å². The van der Waals surface area contributed by atoms with E-state index < -0.39 is 0 Å². The molecule has 1 aromatic rings. The van der Waals surface area contributed by atoms with Crippen LogP contribution in [0.2, 0.25) is 0 Å².